The fourth-order valence-corrected chi connectivity index (χ4v) is 9.57. The van der Waals surface area contributed by atoms with Crippen LogP contribution >= 0.6 is 41.2 Å². The van der Waals surface area contributed by atoms with E-state index >= 15 is 0 Å². The summed E-state index contributed by atoms with van der Waals surface area (Å²) in [5.74, 6) is 0. The summed E-state index contributed by atoms with van der Waals surface area (Å²) < 4.78 is 35.5. The summed E-state index contributed by atoms with van der Waals surface area (Å²) in [6, 6.07) is 0. The molecule has 11 heteroatoms. The molecule has 0 fully saturated rings. The van der Waals surface area contributed by atoms with E-state index in [1.54, 1.807) is 19.7 Å². The van der Waals surface area contributed by atoms with E-state index in [9.17, 15) is 0 Å². The van der Waals surface area contributed by atoms with Crippen molar-refractivity contribution in [2.45, 2.75) is 77.8 Å². The first-order chi connectivity index (χ1) is 13.4. The lowest BCUT2D eigenvalue weighted by molar-refractivity contribution is -0.223. The van der Waals surface area contributed by atoms with Gasteiger partial charge in [-0.25, -0.2) is 0 Å². The van der Waals surface area contributed by atoms with Crippen molar-refractivity contribution >= 4 is 52.2 Å². The lowest BCUT2D eigenvalue weighted by Gasteiger charge is -2.37. The number of ether oxygens (including phenoxy) is 6. The summed E-state index contributed by atoms with van der Waals surface area (Å²) in [5, 5.41) is -1.74. The minimum absolute atomic E-state index is 0. The molecule has 0 radical (unpaired) electrons. The molecule has 0 amide bonds. The van der Waals surface area contributed by atoms with E-state index < -0.39 is 10.2 Å². The molecule has 6 nitrogen and oxygen atoms in total. The van der Waals surface area contributed by atoms with Crippen LogP contribution < -0.4 is 0 Å². The van der Waals surface area contributed by atoms with Gasteiger partial charge in [-0.05, 0) is 108 Å². The molecule has 0 aromatic carbocycles. The van der Waals surface area contributed by atoms with Gasteiger partial charge >= 0.3 is 0 Å². The van der Waals surface area contributed by atoms with Crippen molar-refractivity contribution in [2.24, 2.45) is 0 Å². The highest BCUT2D eigenvalue weighted by atomic mass is 33.7. The van der Waals surface area contributed by atoms with Crippen LogP contribution in [0.25, 0.3) is 0 Å². The minimum Gasteiger partial charge on any atom is -0.372 e. The second kappa shape index (κ2) is 18.9. The summed E-state index contributed by atoms with van der Waals surface area (Å²) in [5.41, 5.74) is 0. The molecule has 0 aromatic rings. The lowest BCUT2D eigenvalue weighted by atomic mass is 10.4. The molecule has 0 N–H and O–H groups in total. The van der Waals surface area contributed by atoms with Crippen molar-refractivity contribution in [3.8, 4) is 0 Å². The average molecular weight is 511 g/mol. The number of hydrogen-bond acceptors (Lipinski definition) is 10. The van der Waals surface area contributed by atoms with Gasteiger partial charge in [-0.15, -0.1) is 0 Å². The van der Waals surface area contributed by atoms with E-state index in [4.69, 9.17) is 28.4 Å². The maximum Gasteiger partial charge on any atom is 0.256 e. The Morgan fingerprint density at radius 3 is 1.03 bits per heavy atom. The second-order valence-corrected chi connectivity index (χ2v) is 11.4. The standard InChI is InChI=1S/C18H38O6S4.H4Si/c1-9-19-15(7)17(21-11-3,22-12-4)25-27-28-26-18(23-13-5,24-14-6)16(8)20-10-2;/h15-16H,9-14H2,1-8H3;1H4. The van der Waals surface area contributed by atoms with Crippen molar-refractivity contribution in [3.05, 3.63) is 0 Å². The zero-order valence-corrected chi connectivity index (χ0v) is 21.7. The van der Waals surface area contributed by atoms with Crippen LogP contribution in [0, 0.1) is 0 Å². The summed E-state index contributed by atoms with van der Waals surface area (Å²) in [6.07, 6.45) is -0.433. The summed E-state index contributed by atoms with van der Waals surface area (Å²) >= 11 is 0. The smallest absolute Gasteiger partial charge is 0.256 e. The topological polar surface area (TPSA) is 55.4 Å². The van der Waals surface area contributed by atoms with Crippen LogP contribution in [-0.2, 0) is 28.4 Å². The minimum atomic E-state index is -0.872. The van der Waals surface area contributed by atoms with Gasteiger partial charge in [0.2, 0.25) is 0 Å². The van der Waals surface area contributed by atoms with Crippen molar-refractivity contribution < 1.29 is 28.4 Å². The van der Waals surface area contributed by atoms with Crippen LogP contribution in [0.5, 0.6) is 0 Å². The Hall–Kier alpha value is 1.38. The molecule has 0 rings (SSSR count). The van der Waals surface area contributed by atoms with Crippen LogP contribution in [-0.4, -0.2) is 73.1 Å². The fraction of sp³-hybridized carbons (Fsp3) is 1.00. The van der Waals surface area contributed by atoms with Gasteiger partial charge in [0.1, 0.15) is 12.2 Å². The molecule has 2 atom stereocenters. The van der Waals surface area contributed by atoms with Crippen LogP contribution in [0.2, 0.25) is 0 Å². The average Bonchev–Trinajstić information content (AvgIpc) is 2.66. The monoisotopic (exact) mass is 510 g/mol. The zero-order chi connectivity index (χ0) is 21.5. The first kappa shape index (κ1) is 32.6. The Bertz CT molecular complexity index is 338. The van der Waals surface area contributed by atoms with Crippen LogP contribution in [0.4, 0.5) is 0 Å². The Morgan fingerprint density at radius 2 is 0.828 bits per heavy atom. The molecular weight excluding hydrogens is 469 g/mol. The van der Waals surface area contributed by atoms with E-state index in [1.807, 2.05) is 55.4 Å². The van der Waals surface area contributed by atoms with Crippen molar-refractivity contribution in [2.75, 3.05) is 39.6 Å². The Kier molecular flexibility index (Phi) is 21.2. The van der Waals surface area contributed by atoms with Crippen LogP contribution in [0.15, 0.2) is 0 Å². The first-order valence-electron chi connectivity index (χ1n) is 9.90. The van der Waals surface area contributed by atoms with Gasteiger partial charge in [0.15, 0.2) is 0 Å². The predicted molar refractivity (Wildman–Crippen MR) is 136 cm³/mol. The van der Waals surface area contributed by atoms with Gasteiger partial charge in [-0.1, -0.05) is 0 Å². The first-order valence-corrected chi connectivity index (χ1v) is 14.7. The molecule has 0 aliphatic carbocycles. The maximum atomic E-state index is 5.98. The molecule has 0 aliphatic rings. The van der Waals surface area contributed by atoms with Gasteiger partial charge in [0.25, 0.3) is 10.2 Å². The molecule has 0 bridgehead atoms. The van der Waals surface area contributed by atoms with E-state index in [2.05, 4.69) is 0 Å². The Labute approximate surface area is 197 Å². The largest absolute Gasteiger partial charge is 0.372 e. The zero-order valence-electron chi connectivity index (χ0n) is 18.5. The van der Waals surface area contributed by atoms with Crippen molar-refractivity contribution in [1.82, 2.24) is 0 Å². The van der Waals surface area contributed by atoms with E-state index in [-0.39, 0.29) is 23.2 Å². The molecule has 0 spiro atoms. The molecule has 0 saturated carbocycles. The summed E-state index contributed by atoms with van der Waals surface area (Å²) in [4.78, 5) is 0. The third kappa shape index (κ3) is 11.2. The highest BCUT2D eigenvalue weighted by molar-refractivity contribution is 9.26. The normalized spacial score (nSPS) is 14.5. The number of rotatable bonds is 19. The maximum absolute atomic E-state index is 5.98. The van der Waals surface area contributed by atoms with E-state index in [1.165, 1.54) is 21.6 Å². The highest BCUT2D eigenvalue weighted by Crippen LogP contribution is 2.55. The van der Waals surface area contributed by atoms with Crippen molar-refractivity contribution in [3.63, 3.8) is 0 Å². The fourth-order valence-electron chi connectivity index (χ4n) is 2.42. The highest BCUT2D eigenvalue weighted by Gasteiger charge is 2.43. The van der Waals surface area contributed by atoms with Gasteiger partial charge < -0.3 is 28.4 Å². The summed E-state index contributed by atoms with van der Waals surface area (Å²) in [6.45, 7) is 19.0. The Balaban J connectivity index is 0. The molecule has 0 aliphatic heterocycles. The summed E-state index contributed by atoms with van der Waals surface area (Å²) in [7, 11) is 6.13. The molecule has 0 aromatic heterocycles. The molecule has 2 unspecified atom stereocenters. The predicted octanol–water partition coefficient (Wildman–Crippen LogP) is 4.52. The third-order valence-electron chi connectivity index (χ3n) is 3.54. The molecule has 178 valence electrons. The second-order valence-electron chi connectivity index (χ2n) is 5.44. The van der Waals surface area contributed by atoms with Gasteiger partial charge in [0.05, 0.1) is 0 Å². The van der Waals surface area contributed by atoms with Gasteiger partial charge in [-0.3, -0.25) is 0 Å². The molecular formula is C18H42O6S4Si. The quantitative estimate of drug-likeness (QED) is 0.107. The van der Waals surface area contributed by atoms with E-state index in [0.717, 1.165) is 0 Å². The van der Waals surface area contributed by atoms with Crippen molar-refractivity contribution in [1.29, 1.82) is 0 Å². The number of hydrogen-bond donors (Lipinski definition) is 0. The Morgan fingerprint density at radius 1 is 0.552 bits per heavy atom. The van der Waals surface area contributed by atoms with Crippen LogP contribution in [0.3, 0.4) is 0 Å². The van der Waals surface area contributed by atoms with Gasteiger partial charge in [0, 0.05) is 39.6 Å². The van der Waals surface area contributed by atoms with Crippen LogP contribution in [0.1, 0.15) is 55.4 Å². The SMILES string of the molecule is CCOC(C)C(OCC)(OCC)SSSSC(OCC)(OCC)C(C)OCC.[SiH4]. The molecule has 0 heterocycles. The lowest BCUT2D eigenvalue weighted by Crippen LogP contribution is -2.44. The molecule has 29 heavy (non-hydrogen) atoms. The van der Waals surface area contributed by atoms with Gasteiger partial charge in [-0.2, -0.15) is 0 Å². The third-order valence-corrected chi connectivity index (χ3v) is 10.5. The van der Waals surface area contributed by atoms with E-state index in [0.29, 0.717) is 39.6 Å². The molecule has 0 saturated heterocycles.